The van der Waals surface area contributed by atoms with Crippen molar-refractivity contribution in [2.75, 3.05) is 0 Å². The highest BCUT2D eigenvalue weighted by atomic mass is 16.5. The van der Waals surface area contributed by atoms with E-state index in [0.29, 0.717) is 0 Å². The van der Waals surface area contributed by atoms with Crippen molar-refractivity contribution < 1.29 is 9.15 Å². The Bertz CT molecular complexity index is 3150. The van der Waals surface area contributed by atoms with Crippen molar-refractivity contribution in [1.82, 2.24) is 9.13 Å². The minimum Gasteiger partial charge on any atom is -0.457 e. The molecule has 4 nitrogen and oxygen atoms in total. The second kappa shape index (κ2) is 11.2. The van der Waals surface area contributed by atoms with E-state index in [1.54, 1.807) is 0 Å². The second-order valence-electron chi connectivity index (χ2n) is 13.4. The number of nitrogens with zero attached hydrogens (tertiary/aromatic N) is 2. The summed E-state index contributed by atoms with van der Waals surface area (Å²) in [5.74, 6) is 1.63. The number of aromatic nitrogens is 2. The van der Waals surface area contributed by atoms with Crippen molar-refractivity contribution >= 4 is 65.6 Å². The van der Waals surface area contributed by atoms with Gasteiger partial charge in [-0.3, -0.25) is 0 Å². The van der Waals surface area contributed by atoms with E-state index in [1.165, 1.54) is 43.7 Å². The first-order valence-electron chi connectivity index (χ1n) is 17.6. The van der Waals surface area contributed by atoms with Gasteiger partial charge in [0.05, 0.1) is 22.1 Å². The van der Waals surface area contributed by atoms with Crippen molar-refractivity contribution in [3.05, 3.63) is 182 Å². The van der Waals surface area contributed by atoms with Gasteiger partial charge in [0, 0.05) is 49.8 Å². The zero-order valence-corrected chi connectivity index (χ0v) is 28.0. The second-order valence-corrected chi connectivity index (χ2v) is 13.4. The normalized spacial score (nSPS) is 11.8. The van der Waals surface area contributed by atoms with Crippen LogP contribution in [-0.2, 0) is 0 Å². The SMILES string of the molecule is c1ccc(Oc2ccc(-n3c4ccccc4c4cc(-c5ccc6c7ccccc7n(-c7ccc8c(c7)oc7ccccc78)c6c5)ccc43)cc2)cc1. The molecule has 3 aromatic heterocycles. The molecule has 3 heterocycles. The molecule has 0 aliphatic carbocycles. The fourth-order valence-corrected chi connectivity index (χ4v) is 8.00. The van der Waals surface area contributed by atoms with Crippen LogP contribution in [0.1, 0.15) is 0 Å². The fraction of sp³-hybridized carbons (Fsp3) is 0. The molecular formula is C48H30N2O2. The van der Waals surface area contributed by atoms with E-state index in [0.717, 1.165) is 55.8 Å². The quantitative estimate of drug-likeness (QED) is 0.183. The van der Waals surface area contributed by atoms with Crippen LogP contribution in [0.3, 0.4) is 0 Å². The summed E-state index contributed by atoms with van der Waals surface area (Å²) in [4.78, 5) is 0. The van der Waals surface area contributed by atoms with Gasteiger partial charge in [0.1, 0.15) is 22.7 Å². The van der Waals surface area contributed by atoms with E-state index in [1.807, 2.05) is 54.6 Å². The summed E-state index contributed by atoms with van der Waals surface area (Å²) in [6.07, 6.45) is 0. The van der Waals surface area contributed by atoms with Gasteiger partial charge >= 0.3 is 0 Å². The molecule has 11 rings (SSSR count). The Morgan fingerprint density at radius 2 is 0.865 bits per heavy atom. The number of para-hydroxylation sites is 4. The molecule has 11 aromatic rings. The Balaban J connectivity index is 1.05. The van der Waals surface area contributed by atoms with Gasteiger partial charge in [-0.25, -0.2) is 0 Å². The van der Waals surface area contributed by atoms with E-state index in [-0.39, 0.29) is 0 Å². The lowest BCUT2D eigenvalue weighted by atomic mass is 10.0. The number of ether oxygens (including phenoxy) is 1. The Morgan fingerprint density at radius 3 is 1.67 bits per heavy atom. The van der Waals surface area contributed by atoms with Gasteiger partial charge in [0.25, 0.3) is 0 Å². The summed E-state index contributed by atoms with van der Waals surface area (Å²) in [6, 6.07) is 64.1. The third kappa shape index (κ3) is 4.41. The van der Waals surface area contributed by atoms with Crippen LogP contribution in [0, 0.1) is 0 Å². The molecule has 0 aliphatic heterocycles. The average molecular weight is 667 g/mol. The largest absolute Gasteiger partial charge is 0.457 e. The van der Waals surface area contributed by atoms with E-state index >= 15 is 0 Å². The average Bonchev–Trinajstić information content (AvgIpc) is 3.85. The van der Waals surface area contributed by atoms with Crippen LogP contribution in [0.15, 0.2) is 186 Å². The van der Waals surface area contributed by atoms with E-state index in [2.05, 4.69) is 137 Å². The van der Waals surface area contributed by atoms with Crippen LogP contribution in [0.25, 0.3) is 88.1 Å². The molecule has 0 radical (unpaired) electrons. The van der Waals surface area contributed by atoms with Gasteiger partial charge in [-0.05, 0) is 96.1 Å². The van der Waals surface area contributed by atoms with Gasteiger partial charge in [-0.15, -0.1) is 0 Å². The summed E-state index contributed by atoms with van der Waals surface area (Å²) in [5.41, 5.74) is 11.0. The van der Waals surface area contributed by atoms with Crippen LogP contribution in [0.5, 0.6) is 11.5 Å². The zero-order chi connectivity index (χ0) is 34.2. The van der Waals surface area contributed by atoms with E-state index in [4.69, 9.17) is 9.15 Å². The van der Waals surface area contributed by atoms with Crippen LogP contribution >= 0.6 is 0 Å². The molecule has 0 atom stereocenters. The van der Waals surface area contributed by atoms with Crippen molar-refractivity contribution in [2.45, 2.75) is 0 Å². The molecule has 4 heteroatoms. The first kappa shape index (κ1) is 28.8. The highest BCUT2D eigenvalue weighted by molar-refractivity contribution is 6.13. The van der Waals surface area contributed by atoms with Crippen LogP contribution in [-0.4, -0.2) is 9.13 Å². The first-order chi connectivity index (χ1) is 25.8. The lowest BCUT2D eigenvalue weighted by molar-refractivity contribution is 0.482. The first-order valence-corrected chi connectivity index (χ1v) is 17.6. The molecule has 0 fully saturated rings. The van der Waals surface area contributed by atoms with Gasteiger partial charge in [0.2, 0.25) is 0 Å². The monoisotopic (exact) mass is 666 g/mol. The third-order valence-corrected chi connectivity index (χ3v) is 10.4. The highest BCUT2D eigenvalue weighted by Gasteiger charge is 2.17. The fourth-order valence-electron chi connectivity index (χ4n) is 8.00. The number of benzene rings is 8. The lowest BCUT2D eigenvalue weighted by Crippen LogP contribution is -1.94. The molecular weight excluding hydrogens is 637 g/mol. The van der Waals surface area contributed by atoms with E-state index in [9.17, 15) is 0 Å². The maximum atomic E-state index is 6.33. The van der Waals surface area contributed by atoms with Crippen molar-refractivity contribution in [2.24, 2.45) is 0 Å². The maximum Gasteiger partial charge on any atom is 0.137 e. The Hall–Kier alpha value is -7.04. The van der Waals surface area contributed by atoms with Crippen LogP contribution < -0.4 is 4.74 Å². The summed E-state index contributed by atoms with van der Waals surface area (Å²) in [6.45, 7) is 0. The lowest BCUT2D eigenvalue weighted by Gasteiger charge is -2.11. The summed E-state index contributed by atoms with van der Waals surface area (Å²) < 4.78 is 17.1. The van der Waals surface area contributed by atoms with Crippen molar-refractivity contribution in [3.63, 3.8) is 0 Å². The maximum absolute atomic E-state index is 6.33. The number of rotatable bonds is 5. The number of fused-ring (bicyclic) bond motifs is 9. The smallest absolute Gasteiger partial charge is 0.137 e. The van der Waals surface area contributed by atoms with E-state index < -0.39 is 0 Å². The minimum atomic E-state index is 0.809. The number of hydrogen-bond donors (Lipinski definition) is 0. The van der Waals surface area contributed by atoms with Crippen molar-refractivity contribution in [1.29, 1.82) is 0 Å². The van der Waals surface area contributed by atoms with Crippen LogP contribution in [0.2, 0.25) is 0 Å². The molecule has 0 amide bonds. The molecule has 0 saturated heterocycles. The predicted molar refractivity (Wildman–Crippen MR) is 214 cm³/mol. The highest BCUT2D eigenvalue weighted by Crippen LogP contribution is 2.39. The molecule has 244 valence electrons. The van der Waals surface area contributed by atoms with Gasteiger partial charge in [-0.2, -0.15) is 0 Å². The molecule has 0 N–H and O–H groups in total. The Morgan fingerprint density at radius 1 is 0.327 bits per heavy atom. The summed E-state index contributed by atoms with van der Waals surface area (Å²) in [7, 11) is 0. The topological polar surface area (TPSA) is 32.2 Å². The van der Waals surface area contributed by atoms with Crippen molar-refractivity contribution in [3.8, 4) is 34.0 Å². The standard InChI is InChI=1S/C48H30N2O2/c1-2-10-35(11-3-1)51-36-23-20-33(21-24-36)49-44-16-8-5-13-38(44)42-28-31(19-27-45(42)49)32-18-25-39-37-12-4-7-15-43(37)50(46(39)29-32)34-22-26-41-40-14-6-9-17-47(40)52-48(41)30-34/h1-30H. The number of furan rings is 1. The Kier molecular flexibility index (Phi) is 6.22. The molecule has 0 aliphatic rings. The summed E-state index contributed by atoms with van der Waals surface area (Å²) in [5, 5.41) is 7.16. The number of hydrogen-bond acceptors (Lipinski definition) is 2. The molecule has 8 aromatic carbocycles. The van der Waals surface area contributed by atoms with Gasteiger partial charge < -0.3 is 18.3 Å². The zero-order valence-electron chi connectivity index (χ0n) is 28.0. The Labute approximate surface area is 298 Å². The third-order valence-electron chi connectivity index (χ3n) is 10.4. The van der Waals surface area contributed by atoms with Gasteiger partial charge in [-0.1, -0.05) is 91.0 Å². The molecule has 0 spiro atoms. The molecule has 0 unspecified atom stereocenters. The molecule has 0 saturated carbocycles. The van der Waals surface area contributed by atoms with Gasteiger partial charge in [0.15, 0.2) is 0 Å². The predicted octanol–water partition coefficient (Wildman–Crippen LogP) is 13.2. The minimum absolute atomic E-state index is 0.809. The van der Waals surface area contributed by atoms with Crippen LogP contribution in [0.4, 0.5) is 0 Å². The molecule has 52 heavy (non-hydrogen) atoms. The molecule has 0 bridgehead atoms. The summed E-state index contributed by atoms with van der Waals surface area (Å²) >= 11 is 0.